The first-order valence-electron chi connectivity index (χ1n) is 5.04. The zero-order chi connectivity index (χ0) is 10.0. The second-order valence-corrected chi connectivity index (χ2v) is 4.19. The number of ether oxygens (including phenoxy) is 1. The highest BCUT2D eigenvalue weighted by molar-refractivity contribution is 5.23. The molecule has 0 saturated carbocycles. The molecule has 14 heavy (non-hydrogen) atoms. The van der Waals surface area contributed by atoms with Gasteiger partial charge in [-0.1, -0.05) is 29.8 Å². The van der Waals surface area contributed by atoms with Crippen LogP contribution in [-0.4, -0.2) is 23.9 Å². The van der Waals surface area contributed by atoms with Crippen molar-refractivity contribution in [3.8, 4) is 0 Å². The lowest BCUT2D eigenvalue weighted by Gasteiger charge is -2.20. The Balaban J connectivity index is 2.06. The van der Waals surface area contributed by atoms with Gasteiger partial charge in [0.1, 0.15) is 0 Å². The zero-order valence-electron chi connectivity index (χ0n) is 8.49. The first kappa shape index (κ1) is 9.69. The Bertz CT molecular complexity index is 297. The average molecular weight is 192 g/mol. The SMILES string of the molecule is Cc1ccc(CC2(O)CCOC2)cc1. The fourth-order valence-corrected chi connectivity index (χ4v) is 1.82. The third kappa shape index (κ3) is 2.14. The number of benzene rings is 1. The van der Waals surface area contributed by atoms with Crippen LogP contribution < -0.4 is 0 Å². The lowest BCUT2D eigenvalue weighted by atomic mass is 9.93. The van der Waals surface area contributed by atoms with E-state index in [1.165, 1.54) is 11.1 Å². The Hall–Kier alpha value is -0.860. The van der Waals surface area contributed by atoms with Gasteiger partial charge in [0, 0.05) is 19.4 Å². The predicted octanol–water partition coefficient (Wildman–Crippen LogP) is 1.69. The van der Waals surface area contributed by atoms with Crippen LogP contribution in [0.3, 0.4) is 0 Å². The van der Waals surface area contributed by atoms with Crippen LogP contribution >= 0.6 is 0 Å². The molecule has 0 amide bonds. The van der Waals surface area contributed by atoms with Gasteiger partial charge in [-0.15, -0.1) is 0 Å². The van der Waals surface area contributed by atoms with Crippen molar-refractivity contribution in [2.75, 3.05) is 13.2 Å². The van der Waals surface area contributed by atoms with E-state index in [1.807, 2.05) is 0 Å². The molecule has 2 heteroatoms. The highest BCUT2D eigenvalue weighted by Gasteiger charge is 2.32. The lowest BCUT2D eigenvalue weighted by Crippen LogP contribution is -2.31. The average Bonchev–Trinajstić information content (AvgIpc) is 2.57. The molecule has 0 aliphatic carbocycles. The zero-order valence-corrected chi connectivity index (χ0v) is 8.49. The monoisotopic (exact) mass is 192 g/mol. The molecule has 0 bridgehead atoms. The molecule has 1 aromatic rings. The van der Waals surface area contributed by atoms with E-state index in [0.717, 1.165) is 6.42 Å². The predicted molar refractivity (Wildman–Crippen MR) is 55.3 cm³/mol. The first-order valence-corrected chi connectivity index (χ1v) is 5.04. The Labute approximate surface area is 84.5 Å². The second-order valence-electron chi connectivity index (χ2n) is 4.19. The van der Waals surface area contributed by atoms with Gasteiger partial charge in [-0.2, -0.15) is 0 Å². The van der Waals surface area contributed by atoms with E-state index >= 15 is 0 Å². The van der Waals surface area contributed by atoms with Crippen molar-refractivity contribution < 1.29 is 9.84 Å². The molecule has 0 radical (unpaired) electrons. The number of aliphatic hydroxyl groups is 1. The van der Waals surface area contributed by atoms with Gasteiger partial charge in [-0.25, -0.2) is 0 Å². The third-order valence-electron chi connectivity index (χ3n) is 2.74. The van der Waals surface area contributed by atoms with Gasteiger partial charge in [-0.05, 0) is 12.5 Å². The standard InChI is InChI=1S/C12H16O2/c1-10-2-4-11(5-3-10)8-12(13)6-7-14-9-12/h2-5,13H,6-9H2,1H3. The van der Waals surface area contributed by atoms with Gasteiger partial charge < -0.3 is 9.84 Å². The Morgan fingerprint density at radius 1 is 1.36 bits per heavy atom. The quantitative estimate of drug-likeness (QED) is 0.772. The summed E-state index contributed by atoms with van der Waals surface area (Å²) in [7, 11) is 0. The molecular formula is C12H16O2. The van der Waals surface area contributed by atoms with Crippen LogP contribution in [0.15, 0.2) is 24.3 Å². The van der Waals surface area contributed by atoms with Crippen molar-refractivity contribution in [1.29, 1.82) is 0 Å². The molecule has 1 unspecified atom stereocenters. The minimum absolute atomic E-state index is 0.473. The molecule has 0 spiro atoms. The number of rotatable bonds is 2. The van der Waals surface area contributed by atoms with Crippen LogP contribution in [0, 0.1) is 6.92 Å². The van der Waals surface area contributed by atoms with E-state index in [0.29, 0.717) is 19.6 Å². The molecule has 2 nitrogen and oxygen atoms in total. The van der Waals surface area contributed by atoms with Gasteiger partial charge in [0.2, 0.25) is 0 Å². The Morgan fingerprint density at radius 2 is 2.07 bits per heavy atom. The van der Waals surface area contributed by atoms with Crippen LogP contribution in [0.4, 0.5) is 0 Å². The molecule has 1 saturated heterocycles. The number of hydrogen-bond acceptors (Lipinski definition) is 2. The summed E-state index contributed by atoms with van der Waals surface area (Å²) in [4.78, 5) is 0. The van der Waals surface area contributed by atoms with Gasteiger partial charge >= 0.3 is 0 Å². The first-order chi connectivity index (χ1) is 6.68. The number of aryl methyl sites for hydroxylation is 1. The van der Waals surface area contributed by atoms with E-state index in [-0.39, 0.29) is 0 Å². The maximum Gasteiger partial charge on any atom is 0.0942 e. The van der Waals surface area contributed by atoms with Gasteiger partial charge in [0.25, 0.3) is 0 Å². The second kappa shape index (κ2) is 3.71. The highest BCUT2D eigenvalue weighted by atomic mass is 16.5. The highest BCUT2D eigenvalue weighted by Crippen LogP contribution is 2.23. The molecule has 1 atom stereocenters. The smallest absolute Gasteiger partial charge is 0.0942 e. The summed E-state index contributed by atoms with van der Waals surface area (Å²) >= 11 is 0. The van der Waals surface area contributed by atoms with Crippen molar-refractivity contribution in [3.05, 3.63) is 35.4 Å². The molecule has 0 aromatic heterocycles. The molecule has 1 aliphatic rings. The topological polar surface area (TPSA) is 29.5 Å². The van der Waals surface area contributed by atoms with Crippen LogP contribution in [0.25, 0.3) is 0 Å². The molecule has 76 valence electrons. The molecule has 1 aromatic carbocycles. The summed E-state index contributed by atoms with van der Waals surface area (Å²) in [6.45, 7) is 3.22. The van der Waals surface area contributed by atoms with E-state index in [9.17, 15) is 5.11 Å². The fourth-order valence-electron chi connectivity index (χ4n) is 1.82. The van der Waals surface area contributed by atoms with Gasteiger partial charge in [-0.3, -0.25) is 0 Å². The van der Waals surface area contributed by atoms with Crippen molar-refractivity contribution in [2.45, 2.75) is 25.4 Å². The summed E-state index contributed by atoms with van der Waals surface area (Å²) in [5, 5.41) is 10.1. The summed E-state index contributed by atoms with van der Waals surface area (Å²) in [6.07, 6.45) is 1.45. The summed E-state index contributed by atoms with van der Waals surface area (Å²) in [5.41, 5.74) is 1.81. The minimum Gasteiger partial charge on any atom is -0.387 e. The molecule has 1 fully saturated rings. The minimum atomic E-state index is -0.630. The summed E-state index contributed by atoms with van der Waals surface area (Å²) in [6, 6.07) is 8.31. The molecule has 1 aliphatic heterocycles. The summed E-state index contributed by atoms with van der Waals surface area (Å²) in [5.74, 6) is 0. The molecule has 2 rings (SSSR count). The molecule has 1 N–H and O–H groups in total. The van der Waals surface area contributed by atoms with E-state index in [1.54, 1.807) is 0 Å². The third-order valence-corrected chi connectivity index (χ3v) is 2.74. The van der Waals surface area contributed by atoms with Gasteiger partial charge in [0.15, 0.2) is 0 Å². The largest absolute Gasteiger partial charge is 0.387 e. The maximum atomic E-state index is 10.1. The van der Waals surface area contributed by atoms with Crippen molar-refractivity contribution >= 4 is 0 Å². The molecular weight excluding hydrogens is 176 g/mol. The van der Waals surface area contributed by atoms with Crippen molar-refractivity contribution in [2.24, 2.45) is 0 Å². The van der Waals surface area contributed by atoms with Crippen LogP contribution in [0.2, 0.25) is 0 Å². The molecule has 1 heterocycles. The van der Waals surface area contributed by atoms with Crippen molar-refractivity contribution in [1.82, 2.24) is 0 Å². The fraction of sp³-hybridized carbons (Fsp3) is 0.500. The number of hydrogen-bond donors (Lipinski definition) is 1. The van der Waals surface area contributed by atoms with E-state index in [2.05, 4.69) is 31.2 Å². The van der Waals surface area contributed by atoms with Crippen LogP contribution in [-0.2, 0) is 11.2 Å². The van der Waals surface area contributed by atoms with Gasteiger partial charge in [0.05, 0.1) is 12.2 Å². The van der Waals surface area contributed by atoms with Crippen LogP contribution in [0.1, 0.15) is 17.5 Å². The van der Waals surface area contributed by atoms with Crippen molar-refractivity contribution in [3.63, 3.8) is 0 Å². The summed E-state index contributed by atoms with van der Waals surface area (Å²) < 4.78 is 5.21. The lowest BCUT2D eigenvalue weighted by molar-refractivity contribution is 0.0270. The Kier molecular flexibility index (Phi) is 2.57. The van der Waals surface area contributed by atoms with E-state index in [4.69, 9.17) is 4.74 Å². The normalized spacial score (nSPS) is 26.7. The Morgan fingerprint density at radius 3 is 2.64 bits per heavy atom. The van der Waals surface area contributed by atoms with Crippen LogP contribution in [0.5, 0.6) is 0 Å². The maximum absolute atomic E-state index is 10.1. The van der Waals surface area contributed by atoms with E-state index < -0.39 is 5.60 Å².